The monoisotopic (exact) mass is 499 g/mol. The van der Waals surface area contributed by atoms with Crippen LogP contribution in [0.4, 0.5) is 0 Å². The van der Waals surface area contributed by atoms with Crippen molar-refractivity contribution in [2.24, 2.45) is 10.8 Å². The van der Waals surface area contributed by atoms with Crippen molar-refractivity contribution >= 4 is 22.3 Å². The van der Waals surface area contributed by atoms with Gasteiger partial charge in [0.05, 0.1) is 20.8 Å². The molecule has 2 aromatic carbocycles. The van der Waals surface area contributed by atoms with Gasteiger partial charge in [0.15, 0.2) is 4.90 Å². The molecule has 0 fully saturated rings. The van der Waals surface area contributed by atoms with E-state index < -0.39 is 15.2 Å². The molecule has 0 aliphatic carbocycles. The van der Waals surface area contributed by atoms with Crippen molar-refractivity contribution < 1.29 is 37.1 Å². The molecular formula is C19H25N5O9S. The Bertz CT molecular complexity index is 1120. The van der Waals surface area contributed by atoms with Crippen molar-refractivity contribution in [2.45, 2.75) is 18.2 Å². The van der Waals surface area contributed by atoms with Crippen LogP contribution in [0.5, 0.6) is 23.0 Å². The van der Waals surface area contributed by atoms with Gasteiger partial charge in [0.25, 0.3) is 5.09 Å². The van der Waals surface area contributed by atoms with Crippen molar-refractivity contribution in [3.8, 4) is 23.0 Å². The van der Waals surface area contributed by atoms with Gasteiger partial charge in [-0.25, -0.2) is 5.43 Å². The minimum absolute atomic E-state index is 0.0989. The highest BCUT2D eigenvalue weighted by Gasteiger charge is 2.23. The summed E-state index contributed by atoms with van der Waals surface area (Å²) in [6.07, 6.45) is 1.96. The van der Waals surface area contributed by atoms with E-state index in [0.717, 1.165) is 5.56 Å². The number of ether oxygens (including phenoxy) is 3. The lowest BCUT2D eigenvalue weighted by Gasteiger charge is -2.13. The summed E-state index contributed by atoms with van der Waals surface area (Å²) in [6.45, 7) is 2.07. The number of nitrogens with one attached hydrogen (secondary N) is 2. The maximum Gasteiger partial charge on any atom is 0.343 e. The van der Waals surface area contributed by atoms with Crippen molar-refractivity contribution in [3.63, 3.8) is 0 Å². The summed E-state index contributed by atoms with van der Waals surface area (Å²) in [4.78, 5) is 8.21. The Morgan fingerprint density at radius 1 is 1.21 bits per heavy atom. The first-order valence-corrected chi connectivity index (χ1v) is 10.7. The highest BCUT2D eigenvalue weighted by atomic mass is 32.2. The van der Waals surface area contributed by atoms with Gasteiger partial charge < -0.3 is 29.3 Å². The second-order valence-corrected chi connectivity index (χ2v) is 7.76. The number of hydrogen-bond donors (Lipinski definition) is 4. The van der Waals surface area contributed by atoms with Crippen LogP contribution in [-0.2, 0) is 10.1 Å². The second-order valence-electron chi connectivity index (χ2n) is 6.25. The summed E-state index contributed by atoms with van der Waals surface area (Å²) in [6, 6.07) is 9.21. The van der Waals surface area contributed by atoms with Crippen LogP contribution < -0.4 is 29.6 Å². The summed E-state index contributed by atoms with van der Waals surface area (Å²) >= 11 is 0. The number of nitrogens with two attached hydrogens (primary N) is 1. The normalized spacial score (nSPS) is 10.6. The Morgan fingerprint density at radius 3 is 2.44 bits per heavy atom. The van der Waals surface area contributed by atoms with E-state index in [-0.39, 0.29) is 29.0 Å². The molecule has 0 aromatic heterocycles. The molecule has 0 saturated carbocycles. The third kappa shape index (κ3) is 9.90. The van der Waals surface area contributed by atoms with E-state index in [1.54, 1.807) is 25.1 Å². The van der Waals surface area contributed by atoms with Gasteiger partial charge in [-0.1, -0.05) is 0 Å². The van der Waals surface area contributed by atoms with Crippen molar-refractivity contribution in [3.05, 3.63) is 52.1 Å². The topological polar surface area (TPSA) is 209 Å². The van der Waals surface area contributed by atoms with Crippen LogP contribution in [0, 0.1) is 22.4 Å². The Labute approximate surface area is 195 Å². The fourth-order valence-electron chi connectivity index (χ4n) is 2.41. The molecule has 14 nitrogen and oxygen atoms in total. The Hall–Kier alpha value is -4.27. The molecule has 0 aliphatic rings. The molecule has 0 spiro atoms. The van der Waals surface area contributed by atoms with E-state index in [9.17, 15) is 8.42 Å². The van der Waals surface area contributed by atoms with Crippen LogP contribution in [0.15, 0.2) is 46.4 Å². The average Bonchev–Trinajstić information content (AvgIpc) is 2.74. The van der Waals surface area contributed by atoms with Crippen LogP contribution in [0.2, 0.25) is 0 Å². The van der Waals surface area contributed by atoms with Gasteiger partial charge >= 0.3 is 10.1 Å². The van der Waals surface area contributed by atoms with Crippen molar-refractivity contribution in [2.75, 3.05) is 20.8 Å². The molecule has 0 unspecified atom stereocenters. The summed E-state index contributed by atoms with van der Waals surface area (Å²) in [5.74, 6) is 0.764. The Morgan fingerprint density at radius 2 is 1.85 bits per heavy atom. The van der Waals surface area contributed by atoms with Gasteiger partial charge in [0.2, 0.25) is 5.96 Å². The van der Waals surface area contributed by atoms with Crippen LogP contribution in [0.3, 0.4) is 0 Å². The molecule has 0 radical (unpaired) electrons. The molecule has 186 valence electrons. The number of nitrogens with zero attached hydrogens (tertiary/aromatic N) is 2. The molecular weight excluding hydrogens is 474 g/mol. The summed E-state index contributed by atoms with van der Waals surface area (Å²) in [5.41, 5.74) is 8.15. The number of aryl methyl sites for hydroxylation is 1. The van der Waals surface area contributed by atoms with E-state index in [4.69, 9.17) is 44.9 Å². The molecule has 0 aliphatic heterocycles. The lowest BCUT2D eigenvalue weighted by Crippen LogP contribution is -2.25. The first-order chi connectivity index (χ1) is 16.0. The minimum atomic E-state index is -4.18. The summed E-state index contributed by atoms with van der Waals surface area (Å²) < 4.78 is 46.8. The van der Waals surface area contributed by atoms with E-state index in [2.05, 4.69) is 10.5 Å². The van der Waals surface area contributed by atoms with Crippen molar-refractivity contribution in [1.29, 1.82) is 5.41 Å². The van der Waals surface area contributed by atoms with Gasteiger partial charge in [-0.3, -0.25) is 5.41 Å². The number of hydrazone groups is 1. The molecule has 0 atom stereocenters. The molecule has 0 bridgehead atoms. The predicted octanol–water partition coefficient (Wildman–Crippen LogP) is 1.67. The first-order valence-electron chi connectivity index (χ1n) is 9.34. The minimum Gasteiger partial charge on any atom is -0.497 e. The van der Waals surface area contributed by atoms with E-state index in [0.29, 0.717) is 17.9 Å². The average molecular weight is 500 g/mol. The Balaban J connectivity index is 0.00000133. The zero-order valence-electron chi connectivity index (χ0n) is 18.5. The molecule has 0 amide bonds. The maximum absolute atomic E-state index is 12.8. The smallest absolute Gasteiger partial charge is 0.343 e. The highest BCUT2D eigenvalue weighted by molar-refractivity contribution is 7.87. The summed E-state index contributed by atoms with van der Waals surface area (Å²) in [7, 11) is -1.38. The number of rotatable bonds is 10. The zero-order chi connectivity index (χ0) is 25.7. The second kappa shape index (κ2) is 13.3. The van der Waals surface area contributed by atoms with Crippen LogP contribution in [-0.4, -0.2) is 51.7 Å². The Kier molecular flexibility index (Phi) is 10.9. The van der Waals surface area contributed by atoms with Gasteiger partial charge in [-0.05, 0) is 36.8 Å². The SMILES string of the molecule is COc1ccc(OC)c(S(=O)(=O)Oc2cc(C)cc(OCC/C=N\NC(=N)N)c2)c1.O=[N+]([O-])O. The van der Waals surface area contributed by atoms with Gasteiger partial charge in [-0.2, -0.15) is 13.5 Å². The summed E-state index contributed by atoms with van der Waals surface area (Å²) in [5, 5.41) is 24.3. The largest absolute Gasteiger partial charge is 0.497 e. The van der Waals surface area contributed by atoms with Gasteiger partial charge in [0, 0.05) is 24.8 Å². The number of methoxy groups -OCH3 is 2. The zero-order valence-corrected chi connectivity index (χ0v) is 19.4. The number of guanidine groups is 1. The molecule has 15 heteroatoms. The van der Waals surface area contributed by atoms with Gasteiger partial charge in [-0.15, -0.1) is 10.1 Å². The van der Waals surface area contributed by atoms with Crippen molar-refractivity contribution in [1.82, 2.24) is 5.43 Å². The highest BCUT2D eigenvalue weighted by Crippen LogP contribution is 2.32. The van der Waals surface area contributed by atoms with E-state index in [1.165, 1.54) is 38.6 Å². The lowest BCUT2D eigenvalue weighted by atomic mass is 10.2. The van der Waals surface area contributed by atoms with E-state index in [1.807, 2.05) is 0 Å². The molecule has 5 N–H and O–H groups in total. The van der Waals surface area contributed by atoms with Gasteiger partial charge in [0.1, 0.15) is 23.0 Å². The fourth-order valence-corrected chi connectivity index (χ4v) is 3.50. The fraction of sp³-hybridized carbons (Fsp3) is 0.263. The number of hydrogen-bond acceptors (Lipinski definition) is 10. The van der Waals surface area contributed by atoms with Crippen LogP contribution >= 0.6 is 0 Å². The molecule has 2 rings (SSSR count). The quantitative estimate of drug-likeness (QED) is 0.0922. The molecule has 2 aromatic rings. The van der Waals surface area contributed by atoms with Crippen LogP contribution in [0.25, 0.3) is 0 Å². The third-order valence-corrected chi connectivity index (χ3v) is 4.93. The molecule has 0 saturated heterocycles. The molecule has 0 heterocycles. The van der Waals surface area contributed by atoms with Crippen LogP contribution in [0.1, 0.15) is 12.0 Å². The third-order valence-electron chi connectivity index (χ3n) is 3.66. The predicted molar refractivity (Wildman–Crippen MR) is 121 cm³/mol. The standard InChI is InChI=1S/C19H24N4O6S.HNO3/c1-13-9-15(28-8-4-7-22-23-19(20)21)11-16(10-13)29-30(24,25)18-12-14(26-2)5-6-17(18)27-3;2-1(3)4/h5-7,9-12H,4,8H2,1-3H3,(H4,20,21,23);(H,2,3,4)/b22-7-;. The maximum atomic E-state index is 12.8. The lowest BCUT2D eigenvalue weighted by molar-refractivity contribution is -0.742. The number of benzene rings is 2. The first kappa shape index (κ1) is 27.8. The molecule has 34 heavy (non-hydrogen) atoms. The van der Waals surface area contributed by atoms with E-state index >= 15 is 0 Å².